The number of nitrogen functional groups attached to an aromatic ring is 1. The predicted molar refractivity (Wildman–Crippen MR) is 121 cm³/mol. The minimum atomic E-state index is -4.82. The van der Waals surface area contributed by atoms with Gasteiger partial charge in [-0.3, -0.25) is 4.68 Å². The van der Waals surface area contributed by atoms with Gasteiger partial charge in [-0.05, 0) is 35.6 Å². The van der Waals surface area contributed by atoms with Crippen LogP contribution in [0.2, 0.25) is 0 Å². The molecule has 3 heterocycles. The lowest BCUT2D eigenvalue weighted by Gasteiger charge is -2.09. The van der Waals surface area contributed by atoms with E-state index in [1.54, 1.807) is 42.6 Å². The first kappa shape index (κ1) is 23.8. The van der Waals surface area contributed by atoms with Crippen LogP contribution in [-0.4, -0.2) is 32.4 Å². The predicted octanol–water partition coefficient (Wildman–Crippen LogP) is 4.16. The molecule has 4 rings (SSSR count). The van der Waals surface area contributed by atoms with Gasteiger partial charge in [-0.15, -0.1) is 0 Å². The number of carbonyl (C=O) groups excluding carboxylic acids is 1. The fourth-order valence-electron chi connectivity index (χ4n) is 3.35. The number of fused-ring (bicyclic) bond motifs is 1. The van der Waals surface area contributed by atoms with E-state index in [2.05, 4.69) is 20.4 Å². The first-order valence-electron chi connectivity index (χ1n) is 10.5. The van der Waals surface area contributed by atoms with Crippen LogP contribution in [0.4, 0.5) is 23.8 Å². The largest absolute Gasteiger partial charge is 0.478 e. The lowest BCUT2D eigenvalue weighted by Crippen LogP contribution is -2.27. The van der Waals surface area contributed by atoms with Gasteiger partial charge in [0.2, 0.25) is 11.6 Å². The second-order valence-corrected chi connectivity index (χ2v) is 7.47. The van der Waals surface area contributed by atoms with Gasteiger partial charge in [0, 0.05) is 30.4 Å². The number of benzene rings is 1. The molecule has 0 fully saturated rings. The number of rotatable bonds is 7. The molecular formula is C23H21F3N6O3. The maximum atomic E-state index is 13.5. The third-order valence-corrected chi connectivity index (χ3v) is 4.93. The summed E-state index contributed by atoms with van der Waals surface area (Å²) in [5.41, 5.74) is 5.81. The minimum absolute atomic E-state index is 0.0114. The van der Waals surface area contributed by atoms with Crippen LogP contribution in [0, 0.1) is 0 Å². The zero-order chi connectivity index (χ0) is 25.0. The van der Waals surface area contributed by atoms with E-state index < -0.39 is 23.7 Å². The standard InChI is InChI=1S/C23H21F3N6O3/c1-2-34-19-6-4-15(11-29-19)12-32-13-18(20(31-32)23(24,25)26)35-22(33)30-10-14-3-5-17-16(9-14)7-8-28-21(17)27/h3-9,11,13H,2,10,12H2,1H3,(H2,27,28)(H,30,33). The number of anilines is 1. The highest BCUT2D eigenvalue weighted by molar-refractivity contribution is 5.91. The van der Waals surface area contributed by atoms with E-state index in [0.717, 1.165) is 21.7 Å². The number of nitrogens with zero attached hydrogens (tertiary/aromatic N) is 4. The lowest BCUT2D eigenvalue weighted by atomic mass is 10.1. The van der Waals surface area contributed by atoms with Crippen LogP contribution in [-0.2, 0) is 19.3 Å². The van der Waals surface area contributed by atoms with E-state index in [9.17, 15) is 18.0 Å². The highest BCUT2D eigenvalue weighted by Crippen LogP contribution is 2.35. The maximum Gasteiger partial charge on any atom is 0.438 e. The Labute approximate surface area is 197 Å². The van der Waals surface area contributed by atoms with Crippen molar-refractivity contribution >= 4 is 22.7 Å². The van der Waals surface area contributed by atoms with Crippen molar-refractivity contribution < 1.29 is 27.4 Å². The fraction of sp³-hybridized carbons (Fsp3) is 0.217. The molecule has 3 N–H and O–H groups in total. The van der Waals surface area contributed by atoms with Gasteiger partial charge < -0.3 is 20.5 Å². The van der Waals surface area contributed by atoms with Crippen molar-refractivity contribution in [1.29, 1.82) is 0 Å². The summed E-state index contributed by atoms with van der Waals surface area (Å²) in [6, 6.07) is 10.3. The van der Waals surface area contributed by atoms with Crippen molar-refractivity contribution in [1.82, 2.24) is 25.1 Å². The summed E-state index contributed by atoms with van der Waals surface area (Å²) in [6.45, 7) is 2.27. The monoisotopic (exact) mass is 486 g/mol. The van der Waals surface area contributed by atoms with Crippen LogP contribution in [0.3, 0.4) is 0 Å². The lowest BCUT2D eigenvalue weighted by molar-refractivity contribution is -0.142. The highest BCUT2D eigenvalue weighted by atomic mass is 19.4. The molecule has 35 heavy (non-hydrogen) atoms. The number of aromatic nitrogens is 4. The topological polar surface area (TPSA) is 117 Å². The van der Waals surface area contributed by atoms with E-state index in [-0.39, 0.29) is 13.1 Å². The molecule has 0 atom stereocenters. The molecule has 0 bridgehead atoms. The van der Waals surface area contributed by atoms with E-state index >= 15 is 0 Å². The van der Waals surface area contributed by atoms with Crippen LogP contribution in [0.1, 0.15) is 23.7 Å². The van der Waals surface area contributed by atoms with Crippen molar-refractivity contribution in [2.24, 2.45) is 0 Å². The average Bonchev–Trinajstić information content (AvgIpc) is 3.22. The molecule has 3 aromatic heterocycles. The van der Waals surface area contributed by atoms with Gasteiger partial charge in [0.15, 0.2) is 5.75 Å². The summed E-state index contributed by atoms with van der Waals surface area (Å²) in [5, 5.41) is 7.57. The van der Waals surface area contributed by atoms with Crippen LogP contribution < -0.4 is 20.5 Å². The molecule has 4 aromatic rings. The molecule has 0 aliphatic rings. The number of alkyl halides is 3. The van der Waals surface area contributed by atoms with Gasteiger partial charge in [0.25, 0.3) is 0 Å². The summed E-state index contributed by atoms with van der Waals surface area (Å²) in [4.78, 5) is 20.3. The zero-order valence-corrected chi connectivity index (χ0v) is 18.5. The van der Waals surface area contributed by atoms with E-state index in [1.807, 2.05) is 6.92 Å². The summed E-state index contributed by atoms with van der Waals surface area (Å²) in [5.74, 6) is 0.0744. The van der Waals surface area contributed by atoms with Crippen LogP contribution in [0.25, 0.3) is 10.8 Å². The Kier molecular flexibility index (Phi) is 6.71. The minimum Gasteiger partial charge on any atom is -0.478 e. The molecule has 1 aromatic carbocycles. The number of nitrogens with two attached hydrogens (primary N) is 1. The molecule has 0 aliphatic carbocycles. The quantitative estimate of drug-likeness (QED) is 0.403. The Hall–Kier alpha value is -4.35. The number of hydrogen-bond acceptors (Lipinski definition) is 7. The van der Waals surface area contributed by atoms with E-state index in [4.69, 9.17) is 15.2 Å². The Balaban J connectivity index is 1.44. The average molecular weight is 486 g/mol. The molecule has 0 radical (unpaired) electrons. The van der Waals surface area contributed by atoms with Gasteiger partial charge in [0.05, 0.1) is 19.3 Å². The maximum absolute atomic E-state index is 13.5. The summed E-state index contributed by atoms with van der Waals surface area (Å²) < 4.78 is 51.7. The second-order valence-electron chi connectivity index (χ2n) is 7.47. The van der Waals surface area contributed by atoms with Crippen LogP contribution in [0.15, 0.2) is 55.0 Å². The van der Waals surface area contributed by atoms with Crippen molar-refractivity contribution in [2.75, 3.05) is 12.3 Å². The highest BCUT2D eigenvalue weighted by Gasteiger charge is 2.39. The third-order valence-electron chi connectivity index (χ3n) is 4.93. The van der Waals surface area contributed by atoms with E-state index in [0.29, 0.717) is 29.4 Å². The van der Waals surface area contributed by atoms with Crippen molar-refractivity contribution in [2.45, 2.75) is 26.2 Å². The summed E-state index contributed by atoms with van der Waals surface area (Å²) >= 11 is 0. The van der Waals surface area contributed by atoms with Gasteiger partial charge in [0.1, 0.15) is 5.82 Å². The molecule has 0 saturated carbocycles. The first-order valence-corrected chi connectivity index (χ1v) is 10.5. The van der Waals surface area contributed by atoms with E-state index in [1.165, 1.54) is 6.20 Å². The molecular weight excluding hydrogens is 465 g/mol. The first-order chi connectivity index (χ1) is 16.7. The number of nitrogens with one attached hydrogen (secondary N) is 1. The van der Waals surface area contributed by atoms with Gasteiger partial charge in [-0.1, -0.05) is 18.2 Å². The van der Waals surface area contributed by atoms with Crippen molar-refractivity contribution in [3.63, 3.8) is 0 Å². The van der Waals surface area contributed by atoms with Crippen molar-refractivity contribution in [3.05, 3.63) is 71.8 Å². The fourth-order valence-corrected chi connectivity index (χ4v) is 3.35. The Bertz CT molecular complexity index is 1340. The SMILES string of the molecule is CCOc1ccc(Cn2cc(OC(=O)NCc3ccc4c(N)nccc4c3)c(C(F)(F)F)n2)cn1. The third kappa shape index (κ3) is 5.78. The van der Waals surface area contributed by atoms with Gasteiger partial charge in [-0.25, -0.2) is 14.8 Å². The Morgan fingerprint density at radius 3 is 2.66 bits per heavy atom. The Morgan fingerprint density at radius 1 is 1.14 bits per heavy atom. The van der Waals surface area contributed by atoms with Crippen LogP contribution in [0.5, 0.6) is 11.6 Å². The van der Waals surface area contributed by atoms with Gasteiger partial charge in [-0.2, -0.15) is 18.3 Å². The number of pyridine rings is 2. The van der Waals surface area contributed by atoms with Crippen LogP contribution >= 0.6 is 0 Å². The number of ether oxygens (including phenoxy) is 2. The number of amides is 1. The van der Waals surface area contributed by atoms with Crippen molar-refractivity contribution in [3.8, 4) is 11.6 Å². The molecule has 1 amide bonds. The molecule has 12 heteroatoms. The molecule has 0 spiro atoms. The molecule has 0 saturated heterocycles. The van der Waals surface area contributed by atoms with Gasteiger partial charge >= 0.3 is 12.3 Å². The number of halogens is 3. The number of carbonyl (C=O) groups is 1. The summed E-state index contributed by atoms with van der Waals surface area (Å²) in [6.07, 6.45) is -1.81. The zero-order valence-electron chi connectivity index (χ0n) is 18.5. The molecule has 0 aliphatic heterocycles. The number of hydrogen-bond donors (Lipinski definition) is 2. The molecule has 182 valence electrons. The molecule has 0 unspecified atom stereocenters. The normalized spacial score (nSPS) is 11.4. The smallest absolute Gasteiger partial charge is 0.438 e. The summed E-state index contributed by atoms with van der Waals surface area (Å²) in [7, 11) is 0. The Morgan fingerprint density at radius 2 is 1.94 bits per heavy atom. The molecule has 9 nitrogen and oxygen atoms in total. The second kappa shape index (κ2) is 9.87.